The zero-order valence-corrected chi connectivity index (χ0v) is 13.3. The van der Waals surface area contributed by atoms with E-state index in [4.69, 9.17) is 0 Å². The number of piperazine rings is 2. The summed E-state index contributed by atoms with van der Waals surface area (Å²) in [5.41, 5.74) is 0.181. The van der Waals surface area contributed by atoms with Gasteiger partial charge in [0, 0.05) is 65.5 Å². The van der Waals surface area contributed by atoms with Gasteiger partial charge in [-0.05, 0) is 7.05 Å². The van der Waals surface area contributed by atoms with Crippen LogP contribution in [0.3, 0.4) is 0 Å². The quantitative estimate of drug-likeness (QED) is 0.500. The van der Waals surface area contributed by atoms with Gasteiger partial charge in [0.05, 0.1) is 0 Å². The second-order valence-corrected chi connectivity index (χ2v) is 5.79. The van der Waals surface area contributed by atoms with E-state index in [2.05, 4.69) is 11.9 Å². The third kappa shape index (κ3) is 3.98. The molecule has 0 aromatic carbocycles. The predicted molar refractivity (Wildman–Crippen MR) is 81.6 cm³/mol. The van der Waals surface area contributed by atoms with Gasteiger partial charge in [-0.2, -0.15) is 5.26 Å². The summed E-state index contributed by atoms with van der Waals surface area (Å²) in [7, 11) is 2.06. The lowest BCUT2D eigenvalue weighted by atomic mass is 10.2. The van der Waals surface area contributed by atoms with Gasteiger partial charge in [-0.15, -0.1) is 0 Å². The third-order valence-corrected chi connectivity index (χ3v) is 4.21. The van der Waals surface area contributed by atoms with E-state index in [1.54, 1.807) is 16.0 Å². The Hall–Kier alpha value is -2.07. The Kier molecular flexibility index (Phi) is 5.39. The van der Waals surface area contributed by atoms with Crippen LogP contribution in [0.2, 0.25) is 0 Å². The third-order valence-electron chi connectivity index (χ3n) is 4.21. The summed E-state index contributed by atoms with van der Waals surface area (Å²) < 4.78 is 0. The Morgan fingerprint density at radius 3 is 2.00 bits per heavy atom. The Morgan fingerprint density at radius 1 is 0.955 bits per heavy atom. The molecule has 2 aliphatic rings. The number of nitriles is 1. The summed E-state index contributed by atoms with van der Waals surface area (Å²) in [6.45, 7) is 7.09. The van der Waals surface area contributed by atoms with Crippen LogP contribution in [-0.4, -0.2) is 90.8 Å². The fraction of sp³-hybridized carbons (Fsp3) is 0.667. The van der Waals surface area contributed by atoms with Crippen LogP contribution in [0.25, 0.3) is 0 Å². The zero-order valence-electron chi connectivity index (χ0n) is 13.3. The van der Waals surface area contributed by atoms with E-state index in [0.29, 0.717) is 26.2 Å². The molecule has 0 unspecified atom stereocenters. The molecular weight excluding hydrogens is 282 g/mol. The molecule has 0 saturated carbocycles. The monoisotopic (exact) mass is 305 g/mol. The van der Waals surface area contributed by atoms with Crippen LogP contribution in [-0.2, 0) is 9.59 Å². The number of carbonyl (C=O) groups is 2. The van der Waals surface area contributed by atoms with Crippen LogP contribution in [0.5, 0.6) is 0 Å². The van der Waals surface area contributed by atoms with Gasteiger partial charge in [0.25, 0.3) is 5.91 Å². The second-order valence-electron chi connectivity index (χ2n) is 5.79. The van der Waals surface area contributed by atoms with Crippen molar-refractivity contribution >= 4 is 11.8 Å². The van der Waals surface area contributed by atoms with E-state index < -0.39 is 0 Å². The normalized spacial score (nSPS) is 20.8. The van der Waals surface area contributed by atoms with Crippen molar-refractivity contribution in [3.05, 3.63) is 11.8 Å². The van der Waals surface area contributed by atoms with Crippen LogP contribution < -0.4 is 0 Å². The van der Waals surface area contributed by atoms with Crippen molar-refractivity contribution in [3.8, 4) is 6.07 Å². The largest absolute Gasteiger partial charge is 0.374 e. The highest BCUT2D eigenvalue weighted by atomic mass is 16.2. The topological polar surface area (TPSA) is 70.9 Å². The summed E-state index contributed by atoms with van der Waals surface area (Å²) in [4.78, 5) is 31.4. The van der Waals surface area contributed by atoms with Gasteiger partial charge in [0.15, 0.2) is 0 Å². The number of carbonyl (C=O) groups excluding carboxylic acids is 2. The molecule has 0 aliphatic carbocycles. The van der Waals surface area contributed by atoms with Crippen molar-refractivity contribution in [2.75, 3.05) is 59.4 Å². The number of hydrogen-bond donors (Lipinski definition) is 0. The molecule has 7 nitrogen and oxygen atoms in total. The van der Waals surface area contributed by atoms with Crippen LogP contribution in [0.15, 0.2) is 11.8 Å². The minimum absolute atomic E-state index is 0.0283. The minimum atomic E-state index is -0.232. The van der Waals surface area contributed by atoms with Gasteiger partial charge in [-0.1, -0.05) is 0 Å². The first-order chi connectivity index (χ1) is 10.5. The molecule has 2 rings (SSSR count). The highest BCUT2D eigenvalue weighted by Crippen LogP contribution is 2.09. The first kappa shape index (κ1) is 16.3. The number of nitrogens with zero attached hydrogens (tertiary/aromatic N) is 5. The molecule has 120 valence electrons. The highest BCUT2D eigenvalue weighted by Gasteiger charge is 2.25. The molecule has 0 spiro atoms. The second kappa shape index (κ2) is 7.27. The molecule has 0 bridgehead atoms. The molecular formula is C15H23N5O2. The molecule has 2 amide bonds. The van der Waals surface area contributed by atoms with E-state index in [9.17, 15) is 14.9 Å². The minimum Gasteiger partial charge on any atom is -0.374 e. The highest BCUT2D eigenvalue weighted by molar-refractivity contribution is 5.97. The number of amides is 2. The van der Waals surface area contributed by atoms with Gasteiger partial charge in [-0.25, -0.2) is 0 Å². The summed E-state index contributed by atoms with van der Waals surface area (Å²) in [5, 5.41) is 9.28. The van der Waals surface area contributed by atoms with Crippen LogP contribution >= 0.6 is 0 Å². The molecule has 0 aromatic rings. The lowest BCUT2D eigenvalue weighted by Crippen LogP contribution is -2.50. The van der Waals surface area contributed by atoms with E-state index in [1.807, 2.05) is 11.0 Å². The van der Waals surface area contributed by atoms with Gasteiger partial charge >= 0.3 is 0 Å². The van der Waals surface area contributed by atoms with Gasteiger partial charge in [-0.3, -0.25) is 9.59 Å². The Bertz CT molecular complexity index is 495. The molecule has 0 radical (unpaired) electrons. The average Bonchev–Trinajstić information content (AvgIpc) is 2.53. The Labute approximate surface area is 131 Å². The molecule has 2 aliphatic heterocycles. The molecule has 2 heterocycles. The molecule has 0 aromatic heterocycles. The standard InChI is InChI=1S/C15H23N5O2/c1-13(21)19-7-9-20(10-8-19)15(22)14(11-16)12-18-5-3-17(2)4-6-18/h12H,3-10H2,1-2H3/b14-12-. The van der Waals surface area contributed by atoms with Crippen molar-refractivity contribution in [2.45, 2.75) is 6.92 Å². The van der Waals surface area contributed by atoms with Crippen molar-refractivity contribution in [1.29, 1.82) is 5.26 Å². The summed E-state index contributed by atoms with van der Waals surface area (Å²) in [5.74, 6) is -0.204. The van der Waals surface area contributed by atoms with Crippen molar-refractivity contribution < 1.29 is 9.59 Å². The van der Waals surface area contributed by atoms with E-state index >= 15 is 0 Å². The Balaban J connectivity index is 1.95. The lowest BCUT2D eigenvalue weighted by Gasteiger charge is -2.35. The lowest BCUT2D eigenvalue weighted by molar-refractivity contribution is -0.136. The zero-order chi connectivity index (χ0) is 16.1. The molecule has 2 fully saturated rings. The summed E-state index contributed by atoms with van der Waals surface area (Å²) in [6, 6.07) is 2.03. The molecule has 0 N–H and O–H groups in total. The number of rotatable bonds is 2. The van der Waals surface area contributed by atoms with E-state index in [0.717, 1.165) is 26.2 Å². The summed E-state index contributed by atoms with van der Waals surface area (Å²) in [6.07, 6.45) is 1.69. The van der Waals surface area contributed by atoms with Crippen LogP contribution in [0.4, 0.5) is 0 Å². The van der Waals surface area contributed by atoms with Gasteiger partial charge in [0.2, 0.25) is 5.91 Å². The number of likely N-dealkylation sites (N-methyl/N-ethyl adjacent to an activating group) is 1. The van der Waals surface area contributed by atoms with Gasteiger partial charge < -0.3 is 19.6 Å². The molecule has 22 heavy (non-hydrogen) atoms. The first-order valence-electron chi connectivity index (χ1n) is 7.60. The number of hydrogen-bond acceptors (Lipinski definition) is 5. The van der Waals surface area contributed by atoms with Crippen molar-refractivity contribution in [3.63, 3.8) is 0 Å². The Morgan fingerprint density at radius 2 is 1.50 bits per heavy atom. The van der Waals surface area contributed by atoms with E-state index in [-0.39, 0.29) is 17.4 Å². The molecule has 2 saturated heterocycles. The van der Waals surface area contributed by atoms with Crippen molar-refractivity contribution in [1.82, 2.24) is 19.6 Å². The van der Waals surface area contributed by atoms with Crippen molar-refractivity contribution in [2.24, 2.45) is 0 Å². The van der Waals surface area contributed by atoms with Gasteiger partial charge in [0.1, 0.15) is 11.6 Å². The maximum Gasteiger partial charge on any atom is 0.266 e. The smallest absolute Gasteiger partial charge is 0.266 e. The first-order valence-corrected chi connectivity index (χ1v) is 7.60. The molecule has 0 atom stereocenters. The molecule has 7 heteroatoms. The maximum atomic E-state index is 12.4. The fourth-order valence-electron chi connectivity index (χ4n) is 2.66. The fourth-order valence-corrected chi connectivity index (χ4v) is 2.66. The predicted octanol–water partition coefficient (Wildman–Crippen LogP) is -0.668. The summed E-state index contributed by atoms with van der Waals surface area (Å²) >= 11 is 0. The maximum absolute atomic E-state index is 12.4. The van der Waals surface area contributed by atoms with E-state index in [1.165, 1.54) is 6.92 Å². The average molecular weight is 305 g/mol. The van der Waals surface area contributed by atoms with Crippen LogP contribution in [0.1, 0.15) is 6.92 Å². The SMILES string of the molecule is CC(=O)N1CCN(C(=O)/C(C#N)=C\N2CCN(C)CC2)CC1. The van der Waals surface area contributed by atoms with Crippen LogP contribution in [0, 0.1) is 11.3 Å².